The lowest BCUT2D eigenvalue weighted by Crippen LogP contribution is -2.19. The molecule has 7 nitrogen and oxygen atoms in total. The molecule has 0 unspecified atom stereocenters. The highest BCUT2D eigenvalue weighted by molar-refractivity contribution is 5.89. The van der Waals surface area contributed by atoms with Gasteiger partial charge >= 0.3 is 6.18 Å². The monoisotopic (exact) mass is 318 g/mol. The second kappa shape index (κ2) is 6.18. The van der Waals surface area contributed by atoms with Crippen LogP contribution < -0.4 is 5.32 Å². The van der Waals surface area contributed by atoms with Crippen LogP contribution in [0.5, 0.6) is 0 Å². The number of nitrogens with one attached hydrogen (secondary N) is 1. The summed E-state index contributed by atoms with van der Waals surface area (Å²) in [4.78, 5) is 11.7. The number of aromatic nitrogens is 3. The summed E-state index contributed by atoms with van der Waals surface area (Å²) in [6, 6.07) is 1.47. The van der Waals surface area contributed by atoms with E-state index in [4.69, 9.17) is 9.63 Å². The predicted molar refractivity (Wildman–Crippen MR) is 67.9 cm³/mol. The van der Waals surface area contributed by atoms with Gasteiger partial charge in [-0.15, -0.1) is 0 Å². The van der Waals surface area contributed by atoms with E-state index in [-0.39, 0.29) is 17.8 Å². The standard InChI is InChI=1S/C12H13F3N4O3/c1-7-4-9(18-22-7)16-10(21)6-19-5-8(2-3-20)11(17-19)12(13,14)15/h4-5,20H,2-3,6H2,1H3,(H,16,18,21). The third kappa shape index (κ3) is 3.85. The highest BCUT2D eigenvalue weighted by Crippen LogP contribution is 2.30. The average molecular weight is 318 g/mol. The molecule has 2 aromatic heterocycles. The van der Waals surface area contributed by atoms with Gasteiger partial charge in [-0.1, -0.05) is 5.16 Å². The smallest absolute Gasteiger partial charge is 0.396 e. The van der Waals surface area contributed by atoms with E-state index in [1.165, 1.54) is 6.07 Å². The number of halogens is 3. The second-order valence-electron chi connectivity index (χ2n) is 4.54. The topological polar surface area (TPSA) is 93.2 Å². The van der Waals surface area contributed by atoms with Crippen molar-refractivity contribution in [3.8, 4) is 0 Å². The van der Waals surface area contributed by atoms with Crippen molar-refractivity contribution in [1.82, 2.24) is 14.9 Å². The number of nitrogens with zero attached hydrogens (tertiary/aromatic N) is 3. The number of carbonyl (C=O) groups is 1. The fourth-order valence-corrected chi connectivity index (χ4v) is 1.84. The summed E-state index contributed by atoms with van der Waals surface area (Å²) in [6.45, 7) is 0.770. The molecule has 2 rings (SSSR count). The summed E-state index contributed by atoms with van der Waals surface area (Å²) < 4.78 is 44.0. The van der Waals surface area contributed by atoms with Crippen molar-refractivity contribution >= 4 is 11.7 Å². The molecule has 0 bridgehead atoms. The highest BCUT2D eigenvalue weighted by atomic mass is 19.4. The lowest BCUT2D eigenvalue weighted by molar-refractivity contribution is -0.142. The molecule has 0 aliphatic heterocycles. The van der Waals surface area contributed by atoms with Crippen molar-refractivity contribution in [2.24, 2.45) is 0 Å². The minimum absolute atomic E-state index is 0.167. The summed E-state index contributed by atoms with van der Waals surface area (Å²) in [6.07, 6.45) is -3.75. The van der Waals surface area contributed by atoms with Crippen molar-refractivity contribution in [2.75, 3.05) is 11.9 Å². The van der Waals surface area contributed by atoms with Crippen molar-refractivity contribution in [3.63, 3.8) is 0 Å². The maximum atomic E-state index is 12.8. The van der Waals surface area contributed by atoms with Crippen LogP contribution in [0.25, 0.3) is 0 Å². The minimum atomic E-state index is -4.64. The molecule has 22 heavy (non-hydrogen) atoms. The molecule has 0 aromatic carbocycles. The third-order valence-corrected chi connectivity index (χ3v) is 2.69. The van der Waals surface area contributed by atoms with Gasteiger partial charge in [-0.3, -0.25) is 9.48 Å². The normalized spacial score (nSPS) is 11.7. The van der Waals surface area contributed by atoms with Crippen LogP contribution in [0.3, 0.4) is 0 Å². The fraction of sp³-hybridized carbons (Fsp3) is 0.417. The number of aliphatic hydroxyl groups is 1. The van der Waals surface area contributed by atoms with E-state index in [0.717, 1.165) is 10.9 Å². The molecule has 0 radical (unpaired) electrons. The van der Waals surface area contributed by atoms with Crippen LogP contribution in [0.4, 0.5) is 19.0 Å². The largest absolute Gasteiger partial charge is 0.435 e. The van der Waals surface area contributed by atoms with Gasteiger partial charge in [0.1, 0.15) is 12.3 Å². The first-order chi connectivity index (χ1) is 10.3. The van der Waals surface area contributed by atoms with Gasteiger partial charge in [0.2, 0.25) is 5.91 Å². The number of carbonyl (C=O) groups excluding carboxylic acids is 1. The molecule has 1 amide bonds. The maximum absolute atomic E-state index is 12.8. The Morgan fingerprint density at radius 2 is 2.23 bits per heavy atom. The Bertz CT molecular complexity index is 663. The van der Waals surface area contributed by atoms with E-state index in [2.05, 4.69) is 15.6 Å². The Morgan fingerprint density at radius 3 is 2.77 bits per heavy atom. The van der Waals surface area contributed by atoms with E-state index < -0.39 is 30.9 Å². The van der Waals surface area contributed by atoms with E-state index in [0.29, 0.717) is 5.76 Å². The molecule has 120 valence electrons. The maximum Gasteiger partial charge on any atom is 0.435 e. The van der Waals surface area contributed by atoms with E-state index in [9.17, 15) is 18.0 Å². The molecule has 0 aliphatic rings. The number of aryl methyl sites for hydroxylation is 1. The van der Waals surface area contributed by atoms with Gasteiger partial charge in [-0.2, -0.15) is 18.3 Å². The summed E-state index contributed by atoms with van der Waals surface area (Å²) in [5.41, 5.74) is -1.27. The Balaban J connectivity index is 2.10. The number of hydrogen-bond donors (Lipinski definition) is 2. The van der Waals surface area contributed by atoms with Gasteiger partial charge in [0, 0.05) is 24.4 Å². The fourth-order valence-electron chi connectivity index (χ4n) is 1.84. The van der Waals surface area contributed by atoms with Crippen LogP contribution >= 0.6 is 0 Å². The molecule has 0 saturated carbocycles. The van der Waals surface area contributed by atoms with E-state index in [1.807, 2.05) is 0 Å². The van der Waals surface area contributed by atoms with Crippen molar-refractivity contribution < 1.29 is 27.6 Å². The highest BCUT2D eigenvalue weighted by Gasteiger charge is 2.37. The van der Waals surface area contributed by atoms with Gasteiger partial charge in [-0.25, -0.2) is 0 Å². The summed E-state index contributed by atoms with van der Waals surface area (Å²) in [5, 5.41) is 18.1. The van der Waals surface area contributed by atoms with Gasteiger partial charge in [-0.05, 0) is 13.3 Å². The van der Waals surface area contributed by atoms with Crippen LogP contribution in [0.2, 0.25) is 0 Å². The van der Waals surface area contributed by atoms with E-state index >= 15 is 0 Å². The number of alkyl halides is 3. The summed E-state index contributed by atoms with van der Waals surface area (Å²) in [5.74, 6) is 0.0559. The zero-order valence-electron chi connectivity index (χ0n) is 11.5. The van der Waals surface area contributed by atoms with Crippen LogP contribution in [-0.4, -0.2) is 32.6 Å². The average Bonchev–Trinajstić information content (AvgIpc) is 2.96. The molecule has 2 heterocycles. The van der Waals surface area contributed by atoms with Crippen LogP contribution in [0.15, 0.2) is 16.8 Å². The predicted octanol–water partition coefficient (Wildman–Crippen LogP) is 1.37. The molecule has 0 spiro atoms. The molecule has 10 heteroatoms. The van der Waals surface area contributed by atoms with Crippen LogP contribution in [0.1, 0.15) is 17.0 Å². The lowest BCUT2D eigenvalue weighted by atomic mass is 10.2. The molecular formula is C12H13F3N4O3. The minimum Gasteiger partial charge on any atom is -0.396 e. The summed E-state index contributed by atoms with van der Waals surface area (Å²) in [7, 11) is 0. The number of hydrogen-bond acceptors (Lipinski definition) is 5. The number of anilines is 1. The second-order valence-corrected chi connectivity index (χ2v) is 4.54. The Labute approximate surface area is 122 Å². The first-order valence-electron chi connectivity index (χ1n) is 6.27. The van der Waals surface area contributed by atoms with Crippen molar-refractivity contribution in [1.29, 1.82) is 0 Å². The molecule has 2 N–H and O–H groups in total. The van der Waals surface area contributed by atoms with Gasteiger partial charge < -0.3 is 14.9 Å². The number of aliphatic hydroxyl groups excluding tert-OH is 1. The zero-order chi connectivity index (χ0) is 16.3. The molecule has 0 atom stereocenters. The van der Waals surface area contributed by atoms with E-state index in [1.54, 1.807) is 6.92 Å². The van der Waals surface area contributed by atoms with Crippen molar-refractivity contribution in [3.05, 3.63) is 29.3 Å². The molecule has 0 saturated heterocycles. The van der Waals surface area contributed by atoms with Crippen molar-refractivity contribution in [2.45, 2.75) is 26.1 Å². The van der Waals surface area contributed by atoms with Crippen LogP contribution in [-0.2, 0) is 23.9 Å². The molecule has 0 fully saturated rings. The Hall–Kier alpha value is -2.36. The number of amides is 1. The van der Waals surface area contributed by atoms with Crippen LogP contribution in [0, 0.1) is 6.92 Å². The first kappa shape index (κ1) is 16.0. The van der Waals surface area contributed by atoms with Gasteiger partial charge in [0.15, 0.2) is 11.5 Å². The number of rotatable bonds is 5. The zero-order valence-corrected chi connectivity index (χ0v) is 11.5. The first-order valence-corrected chi connectivity index (χ1v) is 6.27. The molecule has 2 aromatic rings. The summed E-state index contributed by atoms with van der Waals surface area (Å²) >= 11 is 0. The Kier molecular flexibility index (Phi) is 4.50. The lowest BCUT2D eigenvalue weighted by Gasteiger charge is -2.04. The quantitative estimate of drug-likeness (QED) is 0.868. The Morgan fingerprint density at radius 1 is 1.50 bits per heavy atom. The SMILES string of the molecule is Cc1cc(NC(=O)Cn2cc(CCO)c(C(F)(F)F)n2)no1. The third-order valence-electron chi connectivity index (χ3n) is 2.69. The molecule has 0 aliphatic carbocycles. The molecular weight excluding hydrogens is 305 g/mol. The van der Waals surface area contributed by atoms with Gasteiger partial charge in [0.25, 0.3) is 0 Å². The van der Waals surface area contributed by atoms with Gasteiger partial charge in [0.05, 0.1) is 0 Å².